The molecule has 1 aromatic heterocycles. The van der Waals surface area contributed by atoms with Gasteiger partial charge in [-0.1, -0.05) is 70.9 Å². The lowest BCUT2D eigenvalue weighted by Gasteiger charge is -2.32. The Labute approximate surface area is 279 Å². The number of nitrogens with one attached hydrogen (secondary N) is 4. The summed E-state index contributed by atoms with van der Waals surface area (Å²) >= 11 is 0. The van der Waals surface area contributed by atoms with Crippen LogP contribution in [0.4, 0.5) is 0 Å². The van der Waals surface area contributed by atoms with E-state index in [4.69, 9.17) is 4.74 Å². The van der Waals surface area contributed by atoms with Gasteiger partial charge < -0.3 is 31.1 Å². The molecular weight excluding hydrogens is 622 g/mol. The second kappa shape index (κ2) is 20.8. The van der Waals surface area contributed by atoms with Gasteiger partial charge in [-0.2, -0.15) is 0 Å². The lowest BCUT2D eigenvalue weighted by molar-refractivity contribution is -0.129. The summed E-state index contributed by atoms with van der Waals surface area (Å²) in [5, 5.41) is 22.3. The number of aliphatic hydroxyl groups excluding tert-OH is 1. The molecule has 0 saturated heterocycles. The van der Waals surface area contributed by atoms with Gasteiger partial charge >= 0.3 is 0 Å². The summed E-state index contributed by atoms with van der Waals surface area (Å²) < 4.78 is 32.4. The van der Waals surface area contributed by atoms with Gasteiger partial charge in [0.1, 0.15) is 12.1 Å². The lowest BCUT2D eigenvalue weighted by Crippen LogP contribution is -2.62. The van der Waals surface area contributed by atoms with Gasteiger partial charge in [0.2, 0.25) is 11.8 Å². The number of benzene rings is 1. The molecule has 0 bridgehead atoms. The van der Waals surface area contributed by atoms with E-state index in [0.717, 1.165) is 5.56 Å². The molecule has 0 radical (unpaired) electrons. The van der Waals surface area contributed by atoms with Crippen molar-refractivity contribution < 1.29 is 32.6 Å². The number of amides is 3. The third-order valence-corrected chi connectivity index (χ3v) is 9.98. The van der Waals surface area contributed by atoms with Gasteiger partial charge in [0, 0.05) is 32.6 Å². The number of nitrogens with zero attached hydrogens (tertiary/aromatic N) is 1. The van der Waals surface area contributed by atoms with E-state index < -0.39 is 62.8 Å². The quantitative estimate of drug-likeness (QED) is 0.117. The van der Waals surface area contributed by atoms with Crippen molar-refractivity contribution in [2.24, 2.45) is 5.92 Å². The SMILES string of the molecule is CCCC(CCC)S(=O)(=O)CC(NC(=O)c1cccnc1)C(=O)N[C@@H](Cc1ccccc1)[C@@H](O)[C@@H](NCCOC)C(=O)NCC(C)C. The van der Waals surface area contributed by atoms with Crippen LogP contribution in [-0.4, -0.2) is 98.3 Å². The molecule has 0 aliphatic carbocycles. The Balaban J connectivity index is 2.49. The number of hydrogen-bond donors (Lipinski definition) is 5. The third kappa shape index (κ3) is 13.7. The molecule has 0 saturated carbocycles. The van der Waals surface area contributed by atoms with Crippen LogP contribution in [0.1, 0.15) is 69.3 Å². The first-order chi connectivity index (χ1) is 22.4. The highest BCUT2D eigenvalue weighted by Gasteiger charge is 2.37. The van der Waals surface area contributed by atoms with Gasteiger partial charge in [-0.15, -0.1) is 0 Å². The molecular formula is C34H53N5O7S. The predicted octanol–water partition coefficient (Wildman–Crippen LogP) is 2.03. The number of aliphatic hydroxyl groups is 1. The number of rotatable bonds is 22. The zero-order valence-electron chi connectivity index (χ0n) is 28.3. The van der Waals surface area contributed by atoms with E-state index in [1.165, 1.54) is 25.6 Å². The second-order valence-electron chi connectivity index (χ2n) is 12.2. The van der Waals surface area contributed by atoms with Crippen molar-refractivity contribution in [2.45, 2.75) is 89.3 Å². The Kier molecular flexibility index (Phi) is 17.6. The zero-order valence-corrected chi connectivity index (χ0v) is 29.1. The van der Waals surface area contributed by atoms with E-state index in [9.17, 15) is 27.9 Å². The first-order valence-corrected chi connectivity index (χ1v) is 18.1. The van der Waals surface area contributed by atoms with Crippen molar-refractivity contribution in [3.8, 4) is 0 Å². The number of ether oxygens (including phenoxy) is 1. The topological polar surface area (TPSA) is 176 Å². The molecule has 1 aromatic carbocycles. The van der Waals surface area contributed by atoms with E-state index in [-0.39, 0.29) is 31.1 Å². The van der Waals surface area contributed by atoms with E-state index in [2.05, 4.69) is 26.3 Å². The Morgan fingerprint density at radius 3 is 2.21 bits per heavy atom. The summed E-state index contributed by atoms with van der Waals surface area (Å²) in [6.07, 6.45) is 3.64. The standard InChI is InChI=1S/C34H53N5O7S/c1-6-12-27(13-7-2)47(44,45)23-29(39-32(41)26-16-11-17-35-22-26)33(42)38-28(20-25-14-9-8-10-15-25)31(40)30(36-18-19-46-5)34(43)37-21-24(3)4/h8-11,14-17,22,24,27-31,36,40H,6-7,12-13,18-21,23H2,1-5H3,(H,37,43)(H,38,42)(H,39,41)/t28-,29?,30+,31+/m0/s1. The molecule has 4 atom stereocenters. The van der Waals surface area contributed by atoms with Crippen LogP contribution in [-0.2, 0) is 30.6 Å². The van der Waals surface area contributed by atoms with Gasteiger partial charge in [-0.05, 0) is 42.9 Å². The fraction of sp³-hybridized carbons (Fsp3) is 0.588. The average Bonchev–Trinajstić information content (AvgIpc) is 3.05. The van der Waals surface area contributed by atoms with Gasteiger partial charge in [0.05, 0.1) is 35.3 Å². The Morgan fingerprint density at radius 2 is 1.64 bits per heavy atom. The first kappa shape index (κ1) is 39.8. The second-order valence-corrected chi connectivity index (χ2v) is 14.5. The molecule has 0 aliphatic heterocycles. The summed E-state index contributed by atoms with van der Waals surface area (Å²) in [4.78, 5) is 44.5. The van der Waals surface area contributed by atoms with E-state index in [0.29, 0.717) is 32.2 Å². The molecule has 1 unspecified atom stereocenters. The fourth-order valence-corrected chi connectivity index (χ4v) is 7.34. The van der Waals surface area contributed by atoms with Crippen LogP contribution in [0, 0.1) is 5.92 Å². The normalized spacial score (nSPS) is 14.3. The van der Waals surface area contributed by atoms with Crippen molar-refractivity contribution in [3.63, 3.8) is 0 Å². The van der Waals surface area contributed by atoms with Crippen molar-refractivity contribution in [1.29, 1.82) is 0 Å². The number of carbonyl (C=O) groups is 3. The number of sulfone groups is 1. The van der Waals surface area contributed by atoms with E-state index in [1.807, 2.05) is 58.0 Å². The highest BCUT2D eigenvalue weighted by molar-refractivity contribution is 7.92. The minimum absolute atomic E-state index is 0.123. The molecule has 2 rings (SSSR count). The van der Waals surface area contributed by atoms with Crippen LogP contribution >= 0.6 is 0 Å². The molecule has 0 fully saturated rings. The van der Waals surface area contributed by atoms with Crippen molar-refractivity contribution in [2.75, 3.05) is 32.6 Å². The van der Waals surface area contributed by atoms with Crippen molar-refractivity contribution in [3.05, 3.63) is 66.0 Å². The maximum absolute atomic E-state index is 14.0. The molecule has 0 spiro atoms. The predicted molar refractivity (Wildman–Crippen MR) is 182 cm³/mol. The average molecular weight is 676 g/mol. The van der Waals surface area contributed by atoms with Crippen molar-refractivity contribution in [1.82, 2.24) is 26.3 Å². The maximum atomic E-state index is 14.0. The monoisotopic (exact) mass is 675 g/mol. The van der Waals surface area contributed by atoms with Crippen LogP contribution < -0.4 is 21.3 Å². The molecule has 47 heavy (non-hydrogen) atoms. The molecule has 13 heteroatoms. The molecule has 5 N–H and O–H groups in total. The number of aromatic nitrogens is 1. The van der Waals surface area contributed by atoms with E-state index >= 15 is 0 Å². The Bertz CT molecular complexity index is 1320. The minimum atomic E-state index is -3.84. The van der Waals surface area contributed by atoms with Crippen LogP contribution in [0.5, 0.6) is 0 Å². The number of methoxy groups -OCH3 is 1. The summed E-state index contributed by atoms with van der Waals surface area (Å²) in [7, 11) is -2.32. The molecule has 0 aliphatic rings. The number of hydrogen-bond acceptors (Lipinski definition) is 9. The first-order valence-electron chi connectivity index (χ1n) is 16.4. The molecule has 2 aromatic rings. The smallest absolute Gasteiger partial charge is 0.253 e. The molecule has 1 heterocycles. The number of carbonyl (C=O) groups excluding carboxylic acids is 3. The van der Waals surface area contributed by atoms with Crippen LogP contribution in [0.15, 0.2) is 54.9 Å². The highest BCUT2D eigenvalue weighted by atomic mass is 32.2. The van der Waals surface area contributed by atoms with Gasteiger partial charge in [0.25, 0.3) is 5.91 Å². The van der Waals surface area contributed by atoms with Crippen LogP contribution in [0.2, 0.25) is 0 Å². The van der Waals surface area contributed by atoms with Gasteiger partial charge in [-0.25, -0.2) is 8.42 Å². The third-order valence-electron chi connectivity index (χ3n) is 7.69. The van der Waals surface area contributed by atoms with Gasteiger partial charge in [-0.3, -0.25) is 19.4 Å². The fourth-order valence-electron chi connectivity index (χ4n) is 5.18. The lowest BCUT2D eigenvalue weighted by atomic mass is 9.95. The van der Waals surface area contributed by atoms with Crippen LogP contribution in [0.3, 0.4) is 0 Å². The summed E-state index contributed by atoms with van der Waals surface area (Å²) in [5.74, 6) is -2.39. The molecule has 3 amide bonds. The zero-order chi connectivity index (χ0) is 34.8. The number of pyridine rings is 1. The Hall–Kier alpha value is -3.39. The Morgan fingerprint density at radius 1 is 0.957 bits per heavy atom. The van der Waals surface area contributed by atoms with Crippen molar-refractivity contribution >= 4 is 27.6 Å². The largest absolute Gasteiger partial charge is 0.389 e. The van der Waals surface area contributed by atoms with Crippen LogP contribution in [0.25, 0.3) is 0 Å². The maximum Gasteiger partial charge on any atom is 0.253 e. The summed E-state index contributed by atoms with van der Waals surface area (Å²) in [6, 6.07) is 8.52. The molecule has 262 valence electrons. The summed E-state index contributed by atoms with van der Waals surface area (Å²) in [5.41, 5.74) is 0.927. The van der Waals surface area contributed by atoms with Gasteiger partial charge in [0.15, 0.2) is 9.84 Å². The highest BCUT2D eigenvalue weighted by Crippen LogP contribution is 2.18. The molecule has 12 nitrogen and oxygen atoms in total. The summed E-state index contributed by atoms with van der Waals surface area (Å²) in [6.45, 7) is 8.59. The minimum Gasteiger partial charge on any atom is -0.389 e. The van der Waals surface area contributed by atoms with E-state index in [1.54, 1.807) is 6.07 Å².